The van der Waals surface area contributed by atoms with Gasteiger partial charge in [0.25, 0.3) is 0 Å². The second kappa shape index (κ2) is 6.46. The first kappa shape index (κ1) is 14.4. The second-order valence-corrected chi connectivity index (χ2v) is 5.16. The van der Waals surface area contributed by atoms with E-state index in [0.717, 1.165) is 18.7 Å². The molecule has 0 bridgehead atoms. The normalized spacial score (nSPS) is 19.5. The molecule has 1 heterocycles. The van der Waals surface area contributed by atoms with Crippen molar-refractivity contribution in [3.05, 3.63) is 22.7 Å². The number of hydrogen-bond donors (Lipinski definition) is 1. The first-order valence-electron chi connectivity index (χ1n) is 6.48. The summed E-state index contributed by atoms with van der Waals surface area (Å²) >= 11 is 6.31. The summed E-state index contributed by atoms with van der Waals surface area (Å²) in [5.74, 6) is 1.34. The first-order valence-corrected chi connectivity index (χ1v) is 6.86. The van der Waals surface area contributed by atoms with Gasteiger partial charge in [-0.25, -0.2) is 0 Å². The zero-order valence-electron chi connectivity index (χ0n) is 11.5. The van der Waals surface area contributed by atoms with E-state index in [2.05, 4.69) is 5.32 Å². The number of ether oxygens (including phenoxy) is 3. The van der Waals surface area contributed by atoms with Crippen LogP contribution in [0.5, 0.6) is 11.5 Å². The van der Waals surface area contributed by atoms with Crippen molar-refractivity contribution < 1.29 is 14.2 Å². The van der Waals surface area contributed by atoms with Crippen LogP contribution in [0.4, 0.5) is 0 Å². The summed E-state index contributed by atoms with van der Waals surface area (Å²) in [6.07, 6.45) is 0.0370. The molecule has 2 rings (SSSR count). The van der Waals surface area contributed by atoms with Gasteiger partial charge in [0.2, 0.25) is 0 Å². The van der Waals surface area contributed by atoms with E-state index in [9.17, 15) is 0 Å². The van der Waals surface area contributed by atoms with Crippen LogP contribution in [0.25, 0.3) is 0 Å². The quantitative estimate of drug-likeness (QED) is 0.923. The maximum Gasteiger partial charge on any atom is 0.162 e. The third-order valence-electron chi connectivity index (χ3n) is 2.92. The van der Waals surface area contributed by atoms with Crippen molar-refractivity contribution in [1.29, 1.82) is 0 Å². The maximum atomic E-state index is 6.31. The molecule has 1 aliphatic heterocycles. The van der Waals surface area contributed by atoms with Crippen molar-refractivity contribution in [2.24, 2.45) is 0 Å². The number of rotatable bonds is 4. The molecule has 0 spiro atoms. The minimum atomic E-state index is -0.0401. The zero-order chi connectivity index (χ0) is 13.8. The molecule has 0 radical (unpaired) electrons. The minimum absolute atomic E-state index is 0.0401. The van der Waals surface area contributed by atoms with Crippen LogP contribution in [-0.2, 0) is 4.74 Å². The molecule has 0 saturated carbocycles. The average molecular weight is 286 g/mol. The molecule has 1 fully saturated rings. The molecule has 0 aliphatic carbocycles. The molecular formula is C14H20ClNO3. The largest absolute Gasteiger partial charge is 0.493 e. The van der Waals surface area contributed by atoms with Crippen LogP contribution in [0, 0.1) is 0 Å². The van der Waals surface area contributed by atoms with Gasteiger partial charge in [-0.2, -0.15) is 0 Å². The highest BCUT2D eigenvalue weighted by Crippen LogP contribution is 2.37. The van der Waals surface area contributed by atoms with Crippen LogP contribution in [-0.4, -0.2) is 32.9 Å². The van der Waals surface area contributed by atoms with Crippen LogP contribution < -0.4 is 14.8 Å². The van der Waals surface area contributed by atoms with Crippen LogP contribution in [0.1, 0.15) is 25.5 Å². The molecule has 1 atom stereocenters. The number of hydrogen-bond acceptors (Lipinski definition) is 4. The molecule has 4 nitrogen and oxygen atoms in total. The van der Waals surface area contributed by atoms with Crippen LogP contribution in [0.15, 0.2) is 12.1 Å². The highest BCUT2D eigenvalue weighted by Gasteiger charge is 2.21. The van der Waals surface area contributed by atoms with Crippen molar-refractivity contribution in [2.75, 3.05) is 26.8 Å². The van der Waals surface area contributed by atoms with Crippen molar-refractivity contribution >= 4 is 11.6 Å². The third-order valence-corrected chi connectivity index (χ3v) is 3.25. The van der Waals surface area contributed by atoms with Gasteiger partial charge in [0.15, 0.2) is 11.5 Å². The molecule has 1 aromatic carbocycles. The van der Waals surface area contributed by atoms with Gasteiger partial charge >= 0.3 is 0 Å². The van der Waals surface area contributed by atoms with Gasteiger partial charge in [-0.05, 0) is 19.9 Å². The van der Waals surface area contributed by atoms with Gasteiger partial charge in [0.1, 0.15) is 0 Å². The highest BCUT2D eigenvalue weighted by molar-refractivity contribution is 6.31. The number of halogens is 1. The molecule has 19 heavy (non-hydrogen) atoms. The average Bonchev–Trinajstić information content (AvgIpc) is 2.40. The minimum Gasteiger partial charge on any atom is -0.493 e. The van der Waals surface area contributed by atoms with Crippen LogP contribution in [0.3, 0.4) is 0 Å². The maximum absolute atomic E-state index is 6.31. The Labute approximate surface area is 119 Å². The Morgan fingerprint density at radius 2 is 2.16 bits per heavy atom. The van der Waals surface area contributed by atoms with Gasteiger partial charge in [-0.1, -0.05) is 11.6 Å². The third kappa shape index (κ3) is 3.53. The molecule has 5 heteroatoms. The highest BCUT2D eigenvalue weighted by atomic mass is 35.5. The Kier molecular flexibility index (Phi) is 4.91. The predicted octanol–water partition coefficient (Wildman–Crippen LogP) is 2.80. The van der Waals surface area contributed by atoms with Gasteiger partial charge < -0.3 is 19.5 Å². The fourth-order valence-corrected chi connectivity index (χ4v) is 2.34. The summed E-state index contributed by atoms with van der Waals surface area (Å²) in [6, 6.07) is 3.70. The summed E-state index contributed by atoms with van der Waals surface area (Å²) in [4.78, 5) is 0. The number of benzene rings is 1. The van der Waals surface area contributed by atoms with Crippen LogP contribution in [0.2, 0.25) is 5.02 Å². The Morgan fingerprint density at radius 3 is 2.74 bits per heavy atom. The molecule has 1 aliphatic rings. The zero-order valence-corrected chi connectivity index (χ0v) is 12.3. The lowest BCUT2D eigenvalue weighted by Crippen LogP contribution is -2.33. The summed E-state index contributed by atoms with van der Waals surface area (Å²) in [7, 11) is 1.61. The Hall–Kier alpha value is -0.970. The van der Waals surface area contributed by atoms with Crippen molar-refractivity contribution in [3.63, 3.8) is 0 Å². The van der Waals surface area contributed by atoms with E-state index in [1.54, 1.807) is 13.2 Å². The number of methoxy groups -OCH3 is 1. The van der Waals surface area contributed by atoms with Crippen molar-refractivity contribution in [1.82, 2.24) is 5.32 Å². The monoisotopic (exact) mass is 285 g/mol. The molecule has 106 valence electrons. The standard InChI is InChI=1S/C14H20ClNO3/c1-9(2)19-13-6-10(11(15)7-12(13)17-3)14-8-16-4-5-18-14/h6-7,9,14,16H,4-5,8H2,1-3H3. The van der Waals surface area contributed by atoms with Gasteiger partial charge in [-0.3, -0.25) is 0 Å². The molecule has 1 unspecified atom stereocenters. The fourth-order valence-electron chi connectivity index (χ4n) is 2.07. The van der Waals surface area contributed by atoms with Gasteiger partial charge in [-0.15, -0.1) is 0 Å². The molecule has 0 amide bonds. The molecule has 1 saturated heterocycles. The van der Waals surface area contributed by atoms with Crippen molar-refractivity contribution in [2.45, 2.75) is 26.1 Å². The van der Waals surface area contributed by atoms with E-state index >= 15 is 0 Å². The summed E-state index contributed by atoms with van der Waals surface area (Å²) in [5, 5.41) is 3.93. The number of morpholine rings is 1. The number of nitrogens with one attached hydrogen (secondary N) is 1. The topological polar surface area (TPSA) is 39.7 Å². The first-order chi connectivity index (χ1) is 9.11. The van der Waals surface area contributed by atoms with Gasteiger partial charge in [0, 0.05) is 24.7 Å². The van der Waals surface area contributed by atoms with E-state index in [1.165, 1.54) is 0 Å². The van der Waals surface area contributed by atoms with E-state index < -0.39 is 0 Å². The summed E-state index contributed by atoms with van der Waals surface area (Å²) in [5.41, 5.74) is 0.935. The van der Waals surface area contributed by atoms with Gasteiger partial charge in [0.05, 0.1) is 30.9 Å². The lowest BCUT2D eigenvalue weighted by Gasteiger charge is -2.26. The summed E-state index contributed by atoms with van der Waals surface area (Å²) < 4.78 is 16.8. The van der Waals surface area contributed by atoms with E-state index in [1.807, 2.05) is 19.9 Å². The Bertz CT molecular complexity index is 431. The molecule has 0 aromatic heterocycles. The lowest BCUT2D eigenvalue weighted by atomic mass is 10.1. The van der Waals surface area contributed by atoms with Crippen LogP contribution >= 0.6 is 11.6 Å². The molecule has 1 aromatic rings. The Morgan fingerprint density at radius 1 is 1.37 bits per heavy atom. The SMILES string of the molecule is COc1cc(Cl)c(C2CNCCO2)cc1OC(C)C. The Balaban J connectivity index is 2.31. The van der Waals surface area contributed by atoms with E-state index in [4.69, 9.17) is 25.8 Å². The fraction of sp³-hybridized carbons (Fsp3) is 0.571. The van der Waals surface area contributed by atoms with Crippen molar-refractivity contribution in [3.8, 4) is 11.5 Å². The predicted molar refractivity (Wildman–Crippen MR) is 75.3 cm³/mol. The summed E-state index contributed by atoms with van der Waals surface area (Å²) in [6.45, 7) is 6.28. The molecule has 1 N–H and O–H groups in total. The second-order valence-electron chi connectivity index (χ2n) is 4.75. The van der Waals surface area contributed by atoms with E-state index in [0.29, 0.717) is 23.1 Å². The van der Waals surface area contributed by atoms with E-state index in [-0.39, 0.29) is 12.2 Å². The smallest absolute Gasteiger partial charge is 0.162 e. The lowest BCUT2D eigenvalue weighted by molar-refractivity contribution is 0.0275. The molecular weight excluding hydrogens is 266 g/mol.